The molecule has 0 amide bonds. The van der Waals surface area contributed by atoms with Gasteiger partial charge in [-0.05, 0) is 34.5 Å². The van der Waals surface area contributed by atoms with E-state index in [2.05, 4.69) is 15.9 Å². The van der Waals surface area contributed by atoms with Crippen molar-refractivity contribution in [2.45, 2.75) is 11.8 Å². The van der Waals surface area contributed by atoms with Gasteiger partial charge in [-0.2, -0.15) is 0 Å². The fourth-order valence-corrected chi connectivity index (χ4v) is 3.10. The van der Waals surface area contributed by atoms with Crippen LogP contribution >= 0.6 is 26.6 Å². The molecule has 0 bridgehead atoms. The molecule has 0 unspecified atom stereocenters. The zero-order valence-corrected chi connectivity index (χ0v) is 9.67. The zero-order valence-electron chi connectivity index (χ0n) is 6.51. The largest absolute Gasteiger partial charge is 0.262 e. The summed E-state index contributed by atoms with van der Waals surface area (Å²) in [5, 5.41) is 0. The molecule has 1 rings (SSSR count). The van der Waals surface area contributed by atoms with Crippen LogP contribution in [0.2, 0.25) is 0 Å². The van der Waals surface area contributed by atoms with Gasteiger partial charge in [-0.25, -0.2) is 12.8 Å². The first kappa shape index (κ1) is 10.9. The number of halogens is 3. The van der Waals surface area contributed by atoms with Crippen LogP contribution in [0.5, 0.6) is 0 Å². The molecule has 0 saturated heterocycles. The van der Waals surface area contributed by atoms with Crippen LogP contribution in [0.4, 0.5) is 4.39 Å². The van der Waals surface area contributed by atoms with Crippen molar-refractivity contribution < 1.29 is 12.8 Å². The van der Waals surface area contributed by atoms with Crippen LogP contribution in [0.25, 0.3) is 0 Å². The van der Waals surface area contributed by atoms with Gasteiger partial charge in [-0.1, -0.05) is 6.07 Å². The molecular weight excluding hydrogens is 282 g/mol. The van der Waals surface area contributed by atoms with E-state index in [9.17, 15) is 12.8 Å². The molecule has 13 heavy (non-hydrogen) atoms. The Morgan fingerprint density at radius 2 is 2.00 bits per heavy atom. The average Bonchev–Trinajstić information content (AvgIpc) is 1.98. The van der Waals surface area contributed by atoms with Crippen molar-refractivity contribution in [3.05, 3.63) is 28.0 Å². The number of hydrogen-bond donors (Lipinski definition) is 0. The van der Waals surface area contributed by atoms with E-state index in [0.29, 0.717) is 5.56 Å². The average molecular weight is 288 g/mol. The predicted molar refractivity (Wildman–Crippen MR) is 51.9 cm³/mol. The number of rotatable bonds is 1. The van der Waals surface area contributed by atoms with Crippen molar-refractivity contribution in [2.24, 2.45) is 0 Å². The highest BCUT2D eigenvalue weighted by molar-refractivity contribution is 9.10. The summed E-state index contributed by atoms with van der Waals surface area (Å²) in [6.45, 7) is 1.53. The Balaban J connectivity index is 3.53. The summed E-state index contributed by atoms with van der Waals surface area (Å²) in [6, 6.07) is 2.61. The minimum absolute atomic E-state index is 0.123. The molecule has 0 aromatic heterocycles. The molecule has 0 aliphatic carbocycles. The molecule has 0 radical (unpaired) electrons. The maximum Gasteiger partial charge on any atom is 0.262 e. The molecule has 2 nitrogen and oxygen atoms in total. The molecule has 0 fully saturated rings. The van der Waals surface area contributed by atoms with Crippen LogP contribution < -0.4 is 0 Å². The third-order valence-electron chi connectivity index (χ3n) is 1.50. The molecular formula is C7H5BrClFO2S. The molecule has 0 aliphatic rings. The second-order valence-corrected chi connectivity index (χ2v) is 5.77. The van der Waals surface area contributed by atoms with Crippen molar-refractivity contribution in [3.63, 3.8) is 0 Å². The molecule has 0 saturated carbocycles. The predicted octanol–water partition coefficient (Wildman–Crippen LogP) is 2.82. The van der Waals surface area contributed by atoms with Gasteiger partial charge in [-0.3, -0.25) is 0 Å². The fourth-order valence-electron chi connectivity index (χ4n) is 0.817. The van der Waals surface area contributed by atoms with E-state index in [1.807, 2.05) is 0 Å². The topological polar surface area (TPSA) is 34.1 Å². The molecule has 6 heteroatoms. The lowest BCUT2D eigenvalue weighted by Gasteiger charge is -2.03. The Labute approximate surface area is 88.3 Å². The fraction of sp³-hybridized carbons (Fsp3) is 0.143. The van der Waals surface area contributed by atoms with Crippen LogP contribution in [0.15, 0.2) is 21.5 Å². The lowest BCUT2D eigenvalue weighted by Crippen LogP contribution is -1.96. The summed E-state index contributed by atoms with van der Waals surface area (Å²) in [6.07, 6.45) is 0. The molecule has 0 heterocycles. The zero-order chi connectivity index (χ0) is 10.2. The van der Waals surface area contributed by atoms with Crippen LogP contribution in [0.1, 0.15) is 5.56 Å². The second kappa shape index (κ2) is 3.55. The maximum atomic E-state index is 13.2. The number of benzene rings is 1. The Bertz CT molecular complexity index is 444. The van der Waals surface area contributed by atoms with Crippen molar-refractivity contribution in [1.29, 1.82) is 0 Å². The summed E-state index contributed by atoms with van der Waals surface area (Å²) in [7, 11) is 1.18. The Morgan fingerprint density at radius 1 is 1.46 bits per heavy atom. The van der Waals surface area contributed by atoms with E-state index in [0.717, 1.165) is 0 Å². The van der Waals surface area contributed by atoms with E-state index in [4.69, 9.17) is 10.7 Å². The smallest absolute Gasteiger partial charge is 0.207 e. The Morgan fingerprint density at radius 3 is 2.46 bits per heavy atom. The summed E-state index contributed by atoms with van der Waals surface area (Å²) >= 11 is 2.83. The SMILES string of the molecule is Cc1ccc(S(=O)(=O)Cl)c(Br)c1F. The van der Waals surface area contributed by atoms with Gasteiger partial charge in [-0.15, -0.1) is 0 Å². The van der Waals surface area contributed by atoms with Crippen LogP contribution in [-0.4, -0.2) is 8.42 Å². The second-order valence-electron chi connectivity index (χ2n) is 2.45. The van der Waals surface area contributed by atoms with Crippen LogP contribution in [0.3, 0.4) is 0 Å². The lowest BCUT2D eigenvalue weighted by molar-refractivity contribution is 0.594. The highest BCUT2D eigenvalue weighted by Crippen LogP contribution is 2.29. The van der Waals surface area contributed by atoms with Gasteiger partial charge in [0.2, 0.25) is 0 Å². The standard InChI is InChI=1S/C7H5BrClFO2S/c1-4-2-3-5(13(9,11)12)6(8)7(4)10/h2-3H,1H3. The first-order valence-electron chi connectivity index (χ1n) is 3.23. The minimum atomic E-state index is -3.89. The minimum Gasteiger partial charge on any atom is -0.207 e. The van der Waals surface area contributed by atoms with Crippen molar-refractivity contribution >= 4 is 35.7 Å². The molecule has 0 atom stereocenters. The molecule has 72 valence electrons. The number of aryl methyl sites for hydroxylation is 1. The first-order chi connectivity index (χ1) is 5.84. The summed E-state index contributed by atoms with van der Waals surface area (Å²) in [5.41, 5.74) is 0.357. The third kappa shape index (κ3) is 2.21. The lowest BCUT2D eigenvalue weighted by atomic mass is 10.2. The Hall–Kier alpha value is -0.130. The molecule has 0 spiro atoms. The van der Waals surface area contributed by atoms with E-state index in [-0.39, 0.29) is 9.37 Å². The van der Waals surface area contributed by atoms with Gasteiger partial charge in [0.05, 0.1) is 9.37 Å². The third-order valence-corrected chi connectivity index (χ3v) is 3.90. The van der Waals surface area contributed by atoms with Gasteiger partial charge in [0.25, 0.3) is 9.05 Å². The van der Waals surface area contributed by atoms with Gasteiger partial charge in [0.1, 0.15) is 5.82 Å². The molecule has 1 aromatic carbocycles. The van der Waals surface area contributed by atoms with Crippen molar-refractivity contribution in [2.75, 3.05) is 0 Å². The molecule has 0 N–H and O–H groups in total. The Kier molecular flexibility index (Phi) is 2.99. The van der Waals surface area contributed by atoms with E-state index in [1.54, 1.807) is 0 Å². The van der Waals surface area contributed by atoms with E-state index < -0.39 is 14.9 Å². The normalized spacial score (nSPS) is 11.7. The van der Waals surface area contributed by atoms with E-state index in [1.165, 1.54) is 19.1 Å². The highest BCUT2D eigenvalue weighted by Gasteiger charge is 2.18. The summed E-state index contributed by atoms with van der Waals surface area (Å²) < 4.78 is 34.8. The van der Waals surface area contributed by atoms with Gasteiger partial charge in [0.15, 0.2) is 0 Å². The van der Waals surface area contributed by atoms with Gasteiger partial charge >= 0.3 is 0 Å². The van der Waals surface area contributed by atoms with Crippen molar-refractivity contribution in [1.82, 2.24) is 0 Å². The quantitative estimate of drug-likeness (QED) is 0.744. The summed E-state index contributed by atoms with van der Waals surface area (Å²) in [5.74, 6) is -0.610. The summed E-state index contributed by atoms with van der Waals surface area (Å²) in [4.78, 5) is -0.253. The highest BCUT2D eigenvalue weighted by atomic mass is 79.9. The van der Waals surface area contributed by atoms with Crippen molar-refractivity contribution in [3.8, 4) is 0 Å². The van der Waals surface area contributed by atoms with Crippen LogP contribution in [-0.2, 0) is 9.05 Å². The van der Waals surface area contributed by atoms with Crippen LogP contribution in [0, 0.1) is 12.7 Å². The van der Waals surface area contributed by atoms with Gasteiger partial charge in [0, 0.05) is 10.7 Å². The van der Waals surface area contributed by atoms with E-state index >= 15 is 0 Å². The molecule has 1 aromatic rings. The monoisotopic (exact) mass is 286 g/mol. The number of hydrogen-bond acceptors (Lipinski definition) is 2. The molecule has 0 aliphatic heterocycles. The maximum absolute atomic E-state index is 13.2. The van der Waals surface area contributed by atoms with Gasteiger partial charge < -0.3 is 0 Å². The first-order valence-corrected chi connectivity index (χ1v) is 6.33.